The van der Waals surface area contributed by atoms with E-state index in [2.05, 4.69) is 15.3 Å². The van der Waals surface area contributed by atoms with E-state index in [0.29, 0.717) is 11.0 Å². The highest BCUT2D eigenvalue weighted by Crippen LogP contribution is 2.13. The maximum atomic E-state index is 12.4. The van der Waals surface area contributed by atoms with Crippen LogP contribution in [0.15, 0.2) is 54.9 Å². The van der Waals surface area contributed by atoms with Gasteiger partial charge in [-0.3, -0.25) is 4.79 Å². The fourth-order valence-electron chi connectivity index (χ4n) is 2.40. The molecule has 0 amide bonds. The largest absolute Gasteiger partial charge is 0.321 e. The van der Waals surface area contributed by atoms with Crippen molar-refractivity contribution in [2.24, 2.45) is 0 Å². The van der Waals surface area contributed by atoms with Crippen LogP contribution in [0.1, 0.15) is 4.79 Å². The third-order valence-electron chi connectivity index (χ3n) is 3.42. The van der Waals surface area contributed by atoms with Gasteiger partial charge in [-0.2, -0.15) is 4.68 Å². The summed E-state index contributed by atoms with van der Waals surface area (Å²) in [6.45, 7) is 0.174. The molecule has 0 atom stereocenters. The molecule has 4 aromatic rings. The summed E-state index contributed by atoms with van der Waals surface area (Å²) >= 11 is 0. The lowest BCUT2D eigenvalue weighted by atomic mass is 10.3. The van der Waals surface area contributed by atoms with E-state index >= 15 is 0 Å². The van der Waals surface area contributed by atoms with Crippen molar-refractivity contribution < 1.29 is 4.79 Å². The molecule has 6 nitrogen and oxygen atoms in total. The van der Waals surface area contributed by atoms with Gasteiger partial charge in [0.25, 0.3) is 5.91 Å². The van der Waals surface area contributed by atoms with Gasteiger partial charge in [-0.15, -0.1) is 5.10 Å². The molecule has 2 heterocycles. The highest BCUT2D eigenvalue weighted by Gasteiger charge is 2.13. The van der Waals surface area contributed by atoms with Crippen LogP contribution in [0.3, 0.4) is 0 Å². The summed E-state index contributed by atoms with van der Waals surface area (Å²) in [4.78, 5) is 16.7. The van der Waals surface area contributed by atoms with Crippen LogP contribution in [0, 0.1) is 0 Å². The molecule has 4 rings (SSSR count). The number of fused-ring (bicyclic) bond motifs is 2. The van der Waals surface area contributed by atoms with Crippen molar-refractivity contribution in [3.63, 3.8) is 0 Å². The molecule has 0 bridgehead atoms. The molecule has 21 heavy (non-hydrogen) atoms. The van der Waals surface area contributed by atoms with Crippen molar-refractivity contribution in [1.82, 2.24) is 24.5 Å². The smallest absolute Gasteiger partial charge is 0.268 e. The summed E-state index contributed by atoms with van der Waals surface area (Å²) in [5, 5.41) is 7.94. The van der Waals surface area contributed by atoms with Gasteiger partial charge in [-0.1, -0.05) is 29.5 Å². The van der Waals surface area contributed by atoms with E-state index in [1.807, 2.05) is 53.1 Å². The van der Waals surface area contributed by atoms with Crippen LogP contribution < -0.4 is 0 Å². The molecule has 0 saturated carbocycles. The first-order valence-electron chi connectivity index (χ1n) is 6.56. The number of imidazole rings is 1. The number of para-hydroxylation sites is 3. The van der Waals surface area contributed by atoms with Gasteiger partial charge in [-0.25, -0.2) is 4.98 Å². The summed E-state index contributed by atoms with van der Waals surface area (Å²) in [5.41, 5.74) is 3.22. The van der Waals surface area contributed by atoms with Crippen LogP contribution in [0.25, 0.3) is 22.1 Å². The highest BCUT2D eigenvalue weighted by molar-refractivity contribution is 5.89. The van der Waals surface area contributed by atoms with Crippen LogP contribution in [0.4, 0.5) is 0 Å². The second kappa shape index (κ2) is 4.52. The maximum absolute atomic E-state index is 12.4. The Hall–Kier alpha value is -3.02. The molecule has 0 spiro atoms. The number of rotatable bonds is 2. The predicted octanol–water partition coefficient (Wildman–Crippen LogP) is 2.12. The Bertz CT molecular complexity index is 953. The Morgan fingerprint density at radius 2 is 1.67 bits per heavy atom. The van der Waals surface area contributed by atoms with Crippen molar-refractivity contribution >= 4 is 28.0 Å². The van der Waals surface area contributed by atoms with Gasteiger partial charge in [0.2, 0.25) is 0 Å². The van der Waals surface area contributed by atoms with Crippen LogP contribution in [0.2, 0.25) is 0 Å². The Balaban J connectivity index is 1.72. The molecule has 102 valence electrons. The average Bonchev–Trinajstić information content (AvgIpc) is 3.12. The molecule has 0 radical (unpaired) electrons. The van der Waals surface area contributed by atoms with Gasteiger partial charge in [0, 0.05) is 0 Å². The Labute approximate surface area is 119 Å². The summed E-state index contributed by atoms with van der Waals surface area (Å²) in [5.74, 6) is -0.146. The number of hydrogen-bond acceptors (Lipinski definition) is 4. The normalized spacial score (nSPS) is 11.2. The van der Waals surface area contributed by atoms with Crippen LogP contribution in [-0.4, -0.2) is 30.5 Å². The lowest BCUT2D eigenvalue weighted by molar-refractivity contribution is 0.0880. The van der Waals surface area contributed by atoms with E-state index in [0.717, 1.165) is 11.0 Å². The lowest BCUT2D eigenvalue weighted by Gasteiger charge is -2.03. The van der Waals surface area contributed by atoms with Crippen molar-refractivity contribution in [2.45, 2.75) is 6.54 Å². The Kier molecular flexibility index (Phi) is 2.53. The maximum Gasteiger partial charge on any atom is 0.268 e. The van der Waals surface area contributed by atoms with E-state index in [4.69, 9.17) is 0 Å². The number of carbonyl (C=O) groups excluding carboxylic acids is 1. The quantitative estimate of drug-likeness (QED) is 0.563. The molecule has 0 aliphatic heterocycles. The van der Waals surface area contributed by atoms with Crippen LogP contribution in [-0.2, 0) is 6.54 Å². The first-order valence-corrected chi connectivity index (χ1v) is 6.56. The minimum Gasteiger partial charge on any atom is -0.321 e. The average molecular weight is 277 g/mol. The number of nitrogens with zero attached hydrogens (tertiary/aromatic N) is 5. The summed E-state index contributed by atoms with van der Waals surface area (Å²) in [6, 6.07) is 15.1. The lowest BCUT2D eigenvalue weighted by Crippen LogP contribution is -2.18. The zero-order valence-electron chi connectivity index (χ0n) is 11.0. The zero-order valence-corrected chi connectivity index (χ0v) is 11.0. The van der Waals surface area contributed by atoms with Gasteiger partial charge in [0.05, 0.1) is 22.9 Å². The molecular formula is C15H11N5O. The minimum atomic E-state index is -0.146. The molecule has 0 unspecified atom stereocenters. The highest BCUT2D eigenvalue weighted by atomic mass is 16.2. The van der Waals surface area contributed by atoms with Crippen molar-refractivity contribution in [3.05, 3.63) is 54.9 Å². The fourth-order valence-corrected chi connectivity index (χ4v) is 2.40. The molecule has 6 heteroatoms. The third-order valence-corrected chi connectivity index (χ3v) is 3.42. The van der Waals surface area contributed by atoms with Crippen molar-refractivity contribution in [2.75, 3.05) is 0 Å². The van der Waals surface area contributed by atoms with Gasteiger partial charge in [0.15, 0.2) is 0 Å². The molecule has 0 saturated heterocycles. The van der Waals surface area contributed by atoms with E-state index < -0.39 is 0 Å². The van der Waals surface area contributed by atoms with Gasteiger partial charge < -0.3 is 4.57 Å². The van der Waals surface area contributed by atoms with Crippen LogP contribution >= 0.6 is 0 Å². The monoisotopic (exact) mass is 277 g/mol. The van der Waals surface area contributed by atoms with Gasteiger partial charge in [-0.05, 0) is 24.3 Å². The topological polar surface area (TPSA) is 65.6 Å². The van der Waals surface area contributed by atoms with Gasteiger partial charge in [0.1, 0.15) is 12.1 Å². The SMILES string of the molecule is O=C(Cn1cnc2ccccc21)n1nnc2ccccc21. The molecule has 0 fully saturated rings. The van der Waals surface area contributed by atoms with Crippen LogP contribution in [0.5, 0.6) is 0 Å². The summed E-state index contributed by atoms with van der Waals surface area (Å²) in [7, 11) is 0. The van der Waals surface area contributed by atoms with E-state index in [-0.39, 0.29) is 12.5 Å². The first kappa shape index (κ1) is 11.8. The molecule has 0 aliphatic rings. The molecule has 0 N–H and O–H groups in total. The number of aromatic nitrogens is 5. The second-order valence-electron chi connectivity index (χ2n) is 4.74. The van der Waals surface area contributed by atoms with E-state index in [1.165, 1.54) is 4.68 Å². The molecule has 2 aromatic carbocycles. The van der Waals surface area contributed by atoms with Crippen molar-refractivity contribution in [1.29, 1.82) is 0 Å². The van der Waals surface area contributed by atoms with Crippen molar-refractivity contribution in [3.8, 4) is 0 Å². The third kappa shape index (κ3) is 1.88. The fraction of sp³-hybridized carbons (Fsp3) is 0.0667. The zero-order chi connectivity index (χ0) is 14.2. The van der Waals surface area contributed by atoms with Gasteiger partial charge >= 0.3 is 0 Å². The van der Waals surface area contributed by atoms with E-state index in [9.17, 15) is 4.79 Å². The molecule has 2 aromatic heterocycles. The Morgan fingerprint density at radius 1 is 0.952 bits per heavy atom. The predicted molar refractivity (Wildman–Crippen MR) is 77.9 cm³/mol. The summed E-state index contributed by atoms with van der Waals surface area (Å²) in [6.07, 6.45) is 1.67. The number of carbonyl (C=O) groups is 1. The second-order valence-corrected chi connectivity index (χ2v) is 4.74. The first-order chi connectivity index (χ1) is 10.3. The number of hydrogen-bond donors (Lipinski definition) is 0. The standard InChI is InChI=1S/C15H11N5O/c21-15(20-14-8-4-2-6-12(14)17-18-20)9-19-10-16-11-5-1-3-7-13(11)19/h1-8,10H,9H2. The minimum absolute atomic E-state index is 0.146. The molecule has 0 aliphatic carbocycles. The Morgan fingerprint density at radius 3 is 2.52 bits per heavy atom. The summed E-state index contributed by atoms with van der Waals surface area (Å²) < 4.78 is 3.15. The number of benzene rings is 2. The van der Waals surface area contributed by atoms with E-state index in [1.54, 1.807) is 6.33 Å². The molecular weight excluding hydrogens is 266 g/mol.